The van der Waals surface area contributed by atoms with Crippen LogP contribution in [0.1, 0.15) is 16.9 Å². The lowest BCUT2D eigenvalue weighted by Gasteiger charge is -2.05. The van der Waals surface area contributed by atoms with Crippen LogP contribution < -0.4 is 11.1 Å². The number of ether oxygens (including phenoxy) is 1. The molecule has 0 radical (unpaired) electrons. The molecule has 0 bridgehead atoms. The number of hydrogen-bond acceptors (Lipinski definition) is 4. The van der Waals surface area contributed by atoms with Crippen molar-refractivity contribution in [3.05, 3.63) is 24.0 Å². The van der Waals surface area contributed by atoms with Crippen molar-refractivity contribution < 1.29 is 9.53 Å². The average Bonchev–Trinajstić information content (AvgIpc) is 2.25. The highest BCUT2D eigenvalue weighted by Crippen LogP contribution is 2.05. The van der Waals surface area contributed by atoms with Gasteiger partial charge in [-0.15, -0.1) is 0 Å². The van der Waals surface area contributed by atoms with Gasteiger partial charge in [-0.3, -0.25) is 4.79 Å². The number of carbonyl (C=O) groups is 1. The number of amides is 1. The number of nitrogens with zero attached hydrogens (tertiary/aromatic N) is 1. The number of aromatic nitrogens is 1. The molecule has 15 heavy (non-hydrogen) atoms. The molecule has 1 aromatic rings. The molecule has 0 saturated heterocycles. The highest BCUT2D eigenvalue weighted by atomic mass is 16.5. The minimum absolute atomic E-state index is 0.246. The molecule has 0 atom stereocenters. The van der Waals surface area contributed by atoms with Gasteiger partial charge in [-0.25, -0.2) is 4.98 Å². The van der Waals surface area contributed by atoms with E-state index in [1.54, 1.807) is 25.4 Å². The number of rotatable bonds is 5. The van der Waals surface area contributed by atoms with Gasteiger partial charge in [0.1, 0.15) is 0 Å². The topological polar surface area (TPSA) is 77.2 Å². The van der Waals surface area contributed by atoms with E-state index in [-0.39, 0.29) is 11.6 Å². The Labute approximate surface area is 88.6 Å². The monoisotopic (exact) mass is 209 g/mol. The molecule has 0 saturated carbocycles. The summed E-state index contributed by atoms with van der Waals surface area (Å²) in [6.45, 7) is 1.18. The van der Waals surface area contributed by atoms with Crippen LogP contribution in [0.2, 0.25) is 0 Å². The highest BCUT2D eigenvalue weighted by molar-refractivity contribution is 5.96. The Morgan fingerprint density at radius 1 is 1.67 bits per heavy atom. The Hall–Kier alpha value is -1.62. The van der Waals surface area contributed by atoms with Gasteiger partial charge in [0.05, 0.1) is 5.69 Å². The van der Waals surface area contributed by atoms with Gasteiger partial charge in [0.25, 0.3) is 5.91 Å². The third kappa shape index (κ3) is 3.55. The summed E-state index contributed by atoms with van der Waals surface area (Å²) < 4.78 is 4.86. The molecular formula is C10H15N3O2. The number of nitrogen functional groups attached to an aromatic ring is 1. The fourth-order valence-corrected chi connectivity index (χ4v) is 1.11. The molecule has 5 heteroatoms. The molecule has 3 N–H and O–H groups in total. The maximum atomic E-state index is 11.5. The number of nitrogens with two attached hydrogens (primary N) is 1. The molecule has 0 aromatic carbocycles. The molecule has 1 aromatic heterocycles. The summed E-state index contributed by atoms with van der Waals surface area (Å²) in [5, 5.41) is 2.71. The first-order valence-corrected chi connectivity index (χ1v) is 4.73. The van der Waals surface area contributed by atoms with E-state index in [9.17, 15) is 4.79 Å². The van der Waals surface area contributed by atoms with E-state index in [0.717, 1.165) is 6.42 Å². The Morgan fingerprint density at radius 3 is 3.13 bits per heavy atom. The van der Waals surface area contributed by atoms with E-state index in [2.05, 4.69) is 10.3 Å². The predicted molar refractivity (Wildman–Crippen MR) is 57.5 cm³/mol. The summed E-state index contributed by atoms with van der Waals surface area (Å²) in [5.41, 5.74) is 6.27. The lowest BCUT2D eigenvalue weighted by Crippen LogP contribution is -2.26. The van der Waals surface area contributed by atoms with Crippen molar-refractivity contribution in [2.45, 2.75) is 6.42 Å². The Kier molecular flexibility index (Phi) is 4.56. The van der Waals surface area contributed by atoms with Gasteiger partial charge in [-0.05, 0) is 18.6 Å². The maximum absolute atomic E-state index is 11.5. The SMILES string of the molecule is COCCCNC(=O)c1ncccc1N. The number of methoxy groups -OCH3 is 1. The molecule has 0 spiro atoms. The zero-order valence-electron chi connectivity index (χ0n) is 8.69. The van der Waals surface area contributed by atoms with E-state index in [1.807, 2.05) is 0 Å². The molecule has 1 heterocycles. The van der Waals surface area contributed by atoms with Crippen LogP contribution in [0, 0.1) is 0 Å². The number of carbonyl (C=O) groups excluding carboxylic acids is 1. The fourth-order valence-electron chi connectivity index (χ4n) is 1.11. The van der Waals surface area contributed by atoms with Crippen molar-refractivity contribution in [2.75, 3.05) is 26.0 Å². The summed E-state index contributed by atoms with van der Waals surface area (Å²) in [5.74, 6) is -0.246. The summed E-state index contributed by atoms with van der Waals surface area (Å²) in [6, 6.07) is 3.34. The van der Waals surface area contributed by atoms with Crippen LogP contribution in [0.15, 0.2) is 18.3 Å². The Morgan fingerprint density at radius 2 is 2.47 bits per heavy atom. The third-order valence-corrected chi connectivity index (χ3v) is 1.86. The molecule has 82 valence electrons. The normalized spacial score (nSPS) is 9.93. The van der Waals surface area contributed by atoms with Crippen LogP contribution in [0.5, 0.6) is 0 Å². The average molecular weight is 209 g/mol. The van der Waals surface area contributed by atoms with Crippen LogP contribution in [-0.2, 0) is 4.74 Å². The van der Waals surface area contributed by atoms with Gasteiger partial charge in [0, 0.05) is 26.5 Å². The Balaban J connectivity index is 2.44. The van der Waals surface area contributed by atoms with Crippen LogP contribution in [0.25, 0.3) is 0 Å². The first-order valence-electron chi connectivity index (χ1n) is 4.73. The summed E-state index contributed by atoms with van der Waals surface area (Å²) >= 11 is 0. The molecule has 1 rings (SSSR count). The van der Waals surface area contributed by atoms with Crippen LogP contribution in [0.3, 0.4) is 0 Å². The second kappa shape index (κ2) is 5.98. The molecule has 0 aliphatic heterocycles. The van der Waals surface area contributed by atoms with Crippen LogP contribution >= 0.6 is 0 Å². The zero-order chi connectivity index (χ0) is 11.1. The van der Waals surface area contributed by atoms with Crippen molar-refractivity contribution in [1.29, 1.82) is 0 Å². The van der Waals surface area contributed by atoms with Crippen LogP contribution in [-0.4, -0.2) is 31.2 Å². The summed E-state index contributed by atoms with van der Waals surface area (Å²) in [4.78, 5) is 15.4. The fraction of sp³-hybridized carbons (Fsp3) is 0.400. The summed E-state index contributed by atoms with van der Waals surface area (Å²) in [7, 11) is 1.62. The van der Waals surface area contributed by atoms with Gasteiger partial charge in [0.2, 0.25) is 0 Å². The summed E-state index contributed by atoms with van der Waals surface area (Å²) in [6.07, 6.45) is 2.31. The zero-order valence-corrected chi connectivity index (χ0v) is 8.69. The maximum Gasteiger partial charge on any atom is 0.272 e. The minimum Gasteiger partial charge on any atom is -0.397 e. The van der Waals surface area contributed by atoms with Gasteiger partial charge < -0.3 is 15.8 Å². The lowest BCUT2D eigenvalue weighted by atomic mass is 10.3. The minimum atomic E-state index is -0.246. The van der Waals surface area contributed by atoms with E-state index in [1.165, 1.54) is 0 Å². The standard InChI is InChI=1S/C10H15N3O2/c1-15-7-3-6-13-10(14)9-8(11)4-2-5-12-9/h2,4-5H,3,6-7,11H2,1H3,(H,13,14). The highest BCUT2D eigenvalue weighted by Gasteiger charge is 2.08. The van der Waals surface area contributed by atoms with Crippen molar-refractivity contribution in [2.24, 2.45) is 0 Å². The molecule has 0 aliphatic rings. The van der Waals surface area contributed by atoms with E-state index < -0.39 is 0 Å². The van der Waals surface area contributed by atoms with Gasteiger partial charge >= 0.3 is 0 Å². The largest absolute Gasteiger partial charge is 0.397 e. The van der Waals surface area contributed by atoms with Crippen molar-refractivity contribution in [1.82, 2.24) is 10.3 Å². The number of pyridine rings is 1. The third-order valence-electron chi connectivity index (χ3n) is 1.86. The lowest BCUT2D eigenvalue weighted by molar-refractivity contribution is 0.0944. The van der Waals surface area contributed by atoms with Gasteiger partial charge in [-0.1, -0.05) is 0 Å². The van der Waals surface area contributed by atoms with Crippen LogP contribution in [0.4, 0.5) is 5.69 Å². The molecule has 0 fully saturated rings. The molecule has 0 aliphatic carbocycles. The quantitative estimate of drug-likeness (QED) is 0.689. The molecule has 1 amide bonds. The Bertz CT molecular complexity index is 328. The molecular weight excluding hydrogens is 194 g/mol. The van der Waals surface area contributed by atoms with Crippen molar-refractivity contribution >= 4 is 11.6 Å². The van der Waals surface area contributed by atoms with Gasteiger partial charge in [0.15, 0.2) is 5.69 Å². The first-order chi connectivity index (χ1) is 7.25. The van der Waals surface area contributed by atoms with Crippen molar-refractivity contribution in [3.63, 3.8) is 0 Å². The molecule has 5 nitrogen and oxygen atoms in total. The smallest absolute Gasteiger partial charge is 0.272 e. The molecule has 0 unspecified atom stereocenters. The number of hydrogen-bond donors (Lipinski definition) is 2. The van der Waals surface area contributed by atoms with E-state index >= 15 is 0 Å². The first kappa shape index (κ1) is 11.5. The predicted octanol–water partition coefficient (Wildman–Crippen LogP) is 0.430. The van der Waals surface area contributed by atoms with E-state index in [0.29, 0.717) is 18.8 Å². The second-order valence-electron chi connectivity index (χ2n) is 3.04. The number of nitrogens with one attached hydrogen (secondary N) is 1. The second-order valence-corrected chi connectivity index (χ2v) is 3.04. The van der Waals surface area contributed by atoms with Crippen molar-refractivity contribution in [3.8, 4) is 0 Å². The van der Waals surface area contributed by atoms with E-state index in [4.69, 9.17) is 10.5 Å². The van der Waals surface area contributed by atoms with Gasteiger partial charge in [-0.2, -0.15) is 0 Å². The number of anilines is 1.